The molecule has 2 atom stereocenters. The number of carbonyl (C=O) groups is 2. The molecular weight excluding hydrogens is 426 g/mol. The Bertz CT molecular complexity index is 1070. The van der Waals surface area contributed by atoms with E-state index < -0.39 is 23.8 Å². The van der Waals surface area contributed by atoms with Gasteiger partial charge in [0, 0.05) is 12.3 Å². The predicted molar refractivity (Wildman–Crippen MR) is 135 cm³/mol. The number of benzene rings is 3. The summed E-state index contributed by atoms with van der Waals surface area (Å²) in [7, 11) is 0. The highest BCUT2D eigenvalue weighted by molar-refractivity contribution is 5.78. The Hall–Kier alpha value is -3.60. The molecule has 178 valence electrons. The van der Waals surface area contributed by atoms with Crippen LogP contribution in [-0.4, -0.2) is 30.3 Å². The molecule has 0 saturated carbocycles. The van der Waals surface area contributed by atoms with E-state index in [4.69, 9.17) is 9.47 Å². The summed E-state index contributed by atoms with van der Waals surface area (Å²) in [6, 6.07) is 28.4. The number of amides is 1. The summed E-state index contributed by atoms with van der Waals surface area (Å²) in [4.78, 5) is 24.6. The van der Waals surface area contributed by atoms with Gasteiger partial charge in [0.25, 0.3) is 0 Å². The van der Waals surface area contributed by atoms with Crippen molar-refractivity contribution in [1.82, 2.24) is 5.32 Å². The molecule has 5 heteroatoms. The van der Waals surface area contributed by atoms with E-state index in [1.165, 1.54) is 0 Å². The number of ether oxygens (including phenoxy) is 2. The van der Waals surface area contributed by atoms with Crippen molar-refractivity contribution in [2.24, 2.45) is 0 Å². The highest BCUT2D eigenvalue weighted by atomic mass is 16.6. The highest BCUT2D eigenvalue weighted by Gasteiger charge is 2.24. The molecule has 0 saturated heterocycles. The summed E-state index contributed by atoms with van der Waals surface area (Å²) in [5.41, 5.74) is 3.77. The van der Waals surface area contributed by atoms with Crippen LogP contribution >= 0.6 is 0 Å². The van der Waals surface area contributed by atoms with Gasteiger partial charge in [0.05, 0.1) is 0 Å². The lowest BCUT2D eigenvalue weighted by atomic mass is 9.90. The van der Waals surface area contributed by atoms with Crippen molar-refractivity contribution in [2.75, 3.05) is 6.54 Å². The van der Waals surface area contributed by atoms with Gasteiger partial charge in [-0.15, -0.1) is 0 Å². The monoisotopic (exact) mass is 459 g/mol. The fourth-order valence-electron chi connectivity index (χ4n) is 3.70. The lowest BCUT2D eigenvalue weighted by Crippen LogP contribution is -2.37. The molecule has 1 amide bonds. The number of esters is 1. The van der Waals surface area contributed by atoms with Gasteiger partial charge in [0.15, 0.2) is 0 Å². The summed E-state index contributed by atoms with van der Waals surface area (Å²) < 4.78 is 11.1. The van der Waals surface area contributed by atoms with Crippen LogP contribution in [0.15, 0.2) is 84.9 Å². The van der Waals surface area contributed by atoms with Crippen LogP contribution in [0.3, 0.4) is 0 Å². The number of hydrogen-bond acceptors (Lipinski definition) is 4. The topological polar surface area (TPSA) is 64.6 Å². The highest BCUT2D eigenvalue weighted by Crippen LogP contribution is 2.27. The molecule has 5 nitrogen and oxygen atoms in total. The van der Waals surface area contributed by atoms with Crippen LogP contribution in [-0.2, 0) is 20.7 Å². The van der Waals surface area contributed by atoms with Gasteiger partial charge in [-0.3, -0.25) is 4.79 Å². The van der Waals surface area contributed by atoms with E-state index >= 15 is 0 Å². The average Bonchev–Trinajstić information content (AvgIpc) is 2.82. The van der Waals surface area contributed by atoms with E-state index in [1.807, 2.05) is 60.7 Å². The third kappa shape index (κ3) is 7.77. The van der Waals surface area contributed by atoms with E-state index in [2.05, 4.69) is 36.5 Å². The van der Waals surface area contributed by atoms with E-state index in [0.717, 1.165) is 22.3 Å². The van der Waals surface area contributed by atoms with Crippen molar-refractivity contribution < 1.29 is 19.1 Å². The van der Waals surface area contributed by atoms with Crippen molar-refractivity contribution in [2.45, 2.75) is 51.7 Å². The molecule has 0 radical (unpaired) electrons. The molecule has 3 aromatic rings. The molecular formula is C29H33NO4. The minimum atomic E-state index is -0.646. The van der Waals surface area contributed by atoms with Crippen LogP contribution in [0.1, 0.15) is 44.7 Å². The third-order valence-electron chi connectivity index (χ3n) is 5.41. The van der Waals surface area contributed by atoms with E-state index in [0.29, 0.717) is 6.42 Å². The zero-order valence-corrected chi connectivity index (χ0v) is 20.3. The largest absolute Gasteiger partial charge is 0.460 e. The van der Waals surface area contributed by atoms with Crippen LogP contribution in [0.25, 0.3) is 11.1 Å². The van der Waals surface area contributed by atoms with E-state index in [1.54, 1.807) is 20.8 Å². The summed E-state index contributed by atoms with van der Waals surface area (Å²) in [6.07, 6.45) is -0.497. The fourth-order valence-corrected chi connectivity index (χ4v) is 3.70. The Morgan fingerprint density at radius 2 is 1.47 bits per heavy atom. The van der Waals surface area contributed by atoms with Crippen LogP contribution in [0.2, 0.25) is 0 Å². The smallest absolute Gasteiger partial charge is 0.408 e. The molecule has 0 spiro atoms. The van der Waals surface area contributed by atoms with Crippen LogP contribution in [0.4, 0.5) is 4.79 Å². The van der Waals surface area contributed by atoms with Crippen molar-refractivity contribution in [3.63, 3.8) is 0 Å². The minimum Gasteiger partial charge on any atom is -0.460 e. The second kappa shape index (κ2) is 11.5. The Morgan fingerprint density at radius 3 is 2.12 bits per heavy atom. The third-order valence-corrected chi connectivity index (χ3v) is 5.41. The number of carbonyl (C=O) groups excluding carboxylic acids is 2. The predicted octanol–water partition coefficient (Wildman–Crippen LogP) is 6.14. The van der Waals surface area contributed by atoms with Gasteiger partial charge >= 0.3 is 12.1 Å². The van der Waals surface area contributed by atoms with Crippen molar-refractivity contribution >= 4 is 12.1 Å². The van der Waals surface area contributed by atoms with Gasteiger partial charge in [0.2, 0.25) is 0 Å². The second-order valence-electron chi connectivity index (χ2n) is 9.35. The molecule has 0 aliphatic rings. The van der Waals surface area contributed by atoms with Crippen LogP contribution < -0.4 is 5.32 Å². The zero-order chi connectivity index (χ0) is 24.6. The number of nitrogens with one attached hydrogen (secondary N) is 1. The molecule has 0 heterocycles. The van der Waals surface area contributed by atoms with Gasteiger partial charge in [0.1, 0.15) is 18.2 Å². The quantitative estimate of drug-likeness (QED) is 0.411. The van der Waals surface area contributed by atoms with Crippen LogP contribution in [0, 0.1) is 0 Å². The lowest BCUT2D eigenvalue weighted by Gasteiger charge is -2.25. The first-order valence-corrected chi connectivity index (χ1v) is 11.6. The van der Waals surface area contributed by atoms with Gasteiger partial charge in [-0.2, -0.15) is 0 Å². The van der Waals surface area contributed by atoms with Gasteiger partial charge < -0.3 is 14.8 Å². The molecule has 2 unspecified atom stereocenters. The molecule has 0 aliphatic carbocycles. The zero-order valence-electron chi connectivity index (χ0n) is 20.3. The van der Waals surface area contributed by atoms with Gasteiger partial charge in [-0.1, -0.05) is 91.9 Å². The summed E-state index contributed by atoms with van der Waals surface area (Å²) in [5.74, 6) is -0.537. The SMILES string of the molecule is CC(c1ccccc1)C(Cc1cccc(-c2ccccc2)c1)OC(=O)CNC(=O)OC(C)(C)C. The number of rotatable bonds is 8. The fraction of sp³-hybridized carbons (Fsp3) is 0.310. The Kier molecular flexibility index (Phi) is 8.47. The molecule has 1 N–H and O–H groups in total. The summed E-state index contributed by atoms with van der Waals surface area (Å²) >= 11 is 0. The van der Waals surface area contributed by atoms with Gasteiger partial charge in [-0.05, 0) is 43.0 Å². The first-order valence-electron chi connectivity index (χ1n) is 11.6. The maximum atomic E-state index is 12.6. The Morgan fingerprint density at radius 1 is 0.853 bits per heavy atom. The lowest BCUT2D eigenvalue weighted by molar-refractivity contribution is -0.148. The maximum Gasteiger partial charge on any atom is 0.408 e. The van der Waals surface area contributed by atoms with E-state index in [9.17, 15) is 9.59 Å². The standard InChI is InChI=1S/C29H33NO4/c1-21(23-13-7-5-8-14-23)26(33-27(31)20-30-28(32)34-29(2,3)4)19-22-12-11-17-25(18-22)24-15-9-6-10-16-24/h5-18,21,26H,19-20H2,1-4H3,(H,30,32). The average molecular weight is 460 g/mol. The molecule has 3 aromatic carbocycles. The van der Waals surface area contributed by atoms with Gasteiger partial charge in [-0.25, -0.2) is 4.79 Å². The summed E-state index contributed by atoms with van der Waals surface area (Å²) in [6.45, 7) is 7.11. The molecule has 34 heavy (non-hydrogen) atoms. The Balaban J connectivity index is 1.74. The molecule has 0 bridgehead atoms. The first kappa shape index (κ1) is 25.0. The minimum absolute atomic E-state index is 0.0351. The maximum absolute atomic E-state index is 12.6. The molecule has 0 fully saturated rings. The van der Waals surface area contributed by atoms with Crippen molar-refractivity contribution in [3.05, 3.63) is 96.1 Å². The van der Waals surface area contributed by atoms with Crippen molar-refractivity contribution in [3.8, 4) is 11.1 Å². The van der Waals surface area contributed by atoms with E-state index in [-0.39, 0.29) is 12.5 Å². The first-order chi connectivity index (χ1) is 16.2. The Labute approximate surface area is 202 Å². The normalized spacial score (nSPS) is 12.9. The van der Waals surface area contributed by atoms with Crippen LogP contribution in [0.5, 0.6) is 0 Å². The molecule has 0 aliphatic heterocycles. The second-order valence-corrected chi connectivity index (χ2v) is 9.35. The molecule has 0 aromatic heterocycles. The van der Waals surface area contributed by atoms with Crippen molar-refractivity contribution in [1.29, 1.82) is 0 Å². The number of alkyl carbamates (subject to hydrolysis) is 1. The molecule has 3 rings (SSSR count). The number of hydrogen-bond donors (Lipinski definition) is 1. The summed E-state index contributed by atoms with van der Waals surface area (Å²) in [5, 5.41) is 2.48.